The molecule has 0 aromatic heterocycles. The maximum atomic E-state index is 11.1. The molecule has 0 aliphatic carbocycles. The summed E-state index contributed by atoms with van der Waals surface area (Å²) in [6, 6.07) is 0. The van der Waals surface area contributed by atoms with Crippen LogP contribution in [-0.4, -0.2) is 60.6 Å². The van der Waals surface area contributed by atoms with E-state index >= 15 is 0 Å². The Morgan fingerprint density at radius 1 is 0.522 bits per heavy atom. The molecule has 0 rings (SSSR count). The van der Waals surface area contributed by atoms with Gasteiger partial charge in [-0.25, -0.2) is 4.57 Å². The zero-order valence-electron chi connectivity index (χ0n) is 30.6. The molecule has 0 saturated carbocycles. The molecular formula is C37H80NO7P. The molecule has 0 amide bonds. The maximum Gasteiger partial charge on any atom is 0.469 e. The van der Waals surface area contributed by atoms with Crippen LogP contribution in [0.2, 0.25) is 0 Å². The van der Waals surface area contributed by atoms with Gasteiger partial charge < -0.3 is 30.1 Å². The number of unbranched alkanes of at least 4 members (excludes halogenated alkanes) is 26. The lowest BCUT2D eigenvalue weighted by Crippen LogP contribution is -2.26. The second-order valence-electron chi connectivity index (χ2n) is 13.1. The number of ether oxygens (including phenoxy) is 2. The van der Waals surface area contributed by atoms with Gasteiger partial charge in [-0.3, -0.25) is 4.52 Å². The highest BCUT2D eigenvalue weighted by Crippen LogP contribution is 2.35. The van der Waals surface area contributed by atoms with Gasteiger partial charge in [0, 0.05) is 19.8 Å². The monoisotopic (exact) mass is 682 g/mol. The van der Waals surface area contributed by atoms with Crippen molar-refractivity contribution >= 4 is 7.82 Å². The Bertz CT molecular complexity index is 592. The fraction of sp³-hybridized carbons (Fsp3) is 1.00. The maximum absolute atomic E-state index is 11.1. The van der Waals surface area contributed by atoms with Gasteiger partial charge in [0.25, 0.3) is 0 Å². The molecular weight excluding hydrogens is 601 g/mol. The SMILES string of the molecule is CCCCCCCCCCCCCCCCOCC(COP(=O)(O)O)OCCCCCCCCCCCCCCCC.NCCO. The molecule has 46 heavy (non-hydrogen) atoms. The summed E-state index contributed by atoms with van der Waals surface area (Å²) in [6.45, 7) is 6.43. The highest BCUT2D eigenvalue weighted by atomic mass is 31.2. The van der Waals surface area contributed by atoms with Crippen molar-refractivity contribution in [1.29, 1.82) is 0 Å². The summed E-state index contributed by atoms with van der Waals surface area (Å²) < 4.78 is 27.5. The first kappa shape index (κ1) is 48.1. The van der Waals surface area contributed by atoms with E-state index in [0.717, 1.165) is 19.3 Å². The van der Waals surface area contributed by atoms with Gasteiger partial charge in [0.1, 0.15) is 6.10 Å². The molecule has 0 aliphatic heterocycles. The average molecular weight is 682 g/mol. The summed E-state index contributed by atoms with van der Waals surface area (Å²) in [4.78, 5) is 18.2. The van der Waals surface area contributed by atoms with E-state index in [9.17, 15) is 4.57 Å². The number of phosphoric acid groups is 1. The van der Waals surface area contributed by atoms with Gasteiger partial charge in [0.2, 0.25) is 0 Å². The van der Waals surface area contributed by atoms with Crippen LogP contribution in [0, 0.1) is 0 Å². The van der Waals surface area contributed by atoms with Crippen molar-refractivity contribution in [2.24, 2.45) is 5.73 Å². The fourth-order valence-corrected chi connectivity index (χ4v) is 5.85. The van der Waals surface area contributed by atoms with Crippen molar-refractivity contribution in [3.63, 3.8) is 0 Å². The van der Waals surface area contributed by atoms with Crippen molar-refractivity contribution in [3.05, 3.63) is 0 Å². The second kappa shape index (κ2) is 41.1. The van der Waals surface area contributed by atoms with Crippen LogP contribution in [0.4, 0.5) is 0 Å². The van der Waals surface area contributed by atoms with E-state index in [0.29, 0.717) is 26.4 Å². The lowest BCUT2D eigenvalue weighted by Gasteiger charge is -2.18. The Hall–Kier alpha value is -0.0500. The van der Waals surface area contributed by atoms with E-state index in [1.165, 1.54) is 161 Å². The Labute approximate surface area is 285 Å². The molecule has 0 bridgehead atoms. The van der Waals surface area contributed by atoms with Crippen LogP contribution < -0.4 is 5.73 Å². The first-order valence-electron chi connectivity index (χ1n) is 19.6. The molecule has 0 radical (unpaired) electrons. The van der Waals surface area contributed by atoms with Crippen LogP contribution >= 0.6 is 7.82 Å². The third kappa shape index (κ3) is 46.1. The highest BCUT2D eigenvalue weighted by Gasteiger charge is 2.19. The normalized spacial score (nSPS) is 12.3. The molecule has 0 fully saturated rings. The van der Waals surface area contributed by atoms with Crippen molar-refractivity contribution in [3.8, 4) is 0 Å². The summed E-state index contributed by atoms with van der Waals surface area (Å²) in [5.41, 5.74) is 4.78. The van der Waals surface area contributed by atoms with Gasteiger partial charge in [-0.1, -0.05) is 181 Å². The van der Waals surface area contributed by atoms with Crippen LogP contribution in [0.3, 0.4) is 0 Å². The zero-order chi connectivity index (χ0) is 34.2. The van der Waals surface area contributed by atoms with Gasteiger partial charge >= 0.3 is 7.82 Å². The summed E-state index contributed by atoms with van der Waals surface area (Å²) in [5.74, 6) is 0. The molecule has 0 heterocycles. The minimum Gasteiger partial charge on any atom is -0.395 e. The zero-order valence-corrected chi connectivity index (χ0v) is 31.5. The highest BCUT2D eigenvalue weighted by molar-refractivity contribution is 7.46. The van der Waals surface area contributed by atoms with Gasteiger partial charge in [-0.2, -0.15) is 0 Å². The summed E-state index contributed by atoms with van der Waals surface area (Å²) in [6.07, 6.45) is 36.5. The van der Waals surface area contributed by atoms with Crippen LogP contribution in [-0.2, 0) is 18.6 Å². The van der Waals surface area contributed by atoms with Crippen molar-refractivity contribution in [2.75, 3.05) is 39.6 Å². The summed E-state index contributed by atoms with van der Waals surface area (Å²) in [5, 5.41) is 7.75. The number of hydrogen-bond acceptors (Lipinski definition) is 6. The van der Waals surface area contributed by atoms with E-state index in [1.54, 1.807) is 0 Å². The molecule has 8 nitrogen and oxygen atoms in total. The standard InChI is InChI=1S/C35H73O6P.C2H7NO/c1-3-5-7-9-11-13-15-17-19-21-23-25-27-29-31-39-33-35(34-41-42(36,37)38)40-32-30-28-26-24-22-20-18-16-14-12-10-8-6-4-2;3-1-2-4/h35H,3-34H2,1-2H3,(H2,36,37,38);4H,1-3H2. The fourth-order valence-electron chi connectivity index (χ4n) is 5.48. The Kier molecular flexibility index (Phi) is 43.0. The second-order valence-corrected chi connectivity index (χ2v) is 14.3. The molecule has 9 heteroatoms. The van der Waals surface area contributed by atoms with Gasteiger partial charge in [-0.05, 0) is 12.8 Å². The number of aliphatic hydroxyl groups excluding tert-OH is 1. The van der Waals surface area contributed by atoms with Crippen LogP contribution in [0.1, 0.15) is 194 Å². The molecule has 0 aromatic carbocycles. The van der Waals surface area contributed by atoms with E-state index in [2.05, 4.69) is 13.8 Å². The lowest BCUT2D eigenvalue weighted by atomic mass is 10.0. The Balaban J connectivity index is 0. The van der Waals surface area contributed by atoms with E-state index in [4.69, 9.17) is 34.6 Å². The topological polar surface area (TPSA) is 131 Å². The summed E-state index contributed by atoms with van der Waals surface area (Å²) >= 11 is 0. The van der Waals surface area contributed by atoms with Crippen LogP contribution in [0.25, 0.3) is 0 Å². The van der Waals surface area contributed by atoms with E-state index < -0.39 is 13.9 Å². The van der Waals surface area contributed by atoms with Gasteiger partial charge in [0.15, 0.2) is 0 Å². The van der Waals surface area contributed by atoms with Crippen LogP contribution in [0.5, 0.6) is 0 Å². The van der Waals surface area contributed by atoms with Crippen molar-refractivity contribution < 1.29 is 33.5 Å². The number of hydrogen-bond donors (Lipinski definition) is 4. The van der Waals surface area contributed by atoms with Crippen molar-refractivity contribution in [2.45, 2.75) is 200 Å². The molecule has 0 aliphatic rings. The Morgan fingerprint density at radius 2 is 0.826 bits per heavy atom. The van der Waals surface area contributed by atoms with E-state index in [1.807, 2.05) is 0 Å². The molecule has 0 saturated heterocycles. The smallest absolute Gasteiger partial charge is 0.395 e. The number of phosphoric ester groups is 1. The minimum absolute atomic E-state index is 0.0972. The third-order valence-electron chi connectivity index (χ3n) is 8.36. The first-order chi connectivity index (χ1) is 22.4. The van der Waals surface area contributed by atoms with Crippen LogP contribution in [0.15, 0.2) is 0 Å². The average Bonchev–Trinajstić information content (AvgIpc) is 3.04. The molecule has 1 unspecified atom stereocenters. The lowest BCUT2D eigenvalue weighted by molar-refractivity contribution is -0.0429. The molecule has 5 N–H and O–H groups in total. The number of rotatable bonds is 37. The quantitative estimate of drug-likeness (QED) is 0.0376. The number of aliphatic hydroxyl groups is 1. The van der Waals surface area contributed by atoms with Gasteiger partial charge in [-0.15, -0.1) is 0 Å². The Morgan fingerprint density at radius 3 is 1.13 bits per heavy atom. The largest absolute Gasteiger partial charge is 0.469 e. The predicted molar refractivity (Wildman–Crippen MR) is 195 cm³/mol. The molecule has 1 atom stereocenters. The molecule has 280 valence electrons. The van der Waals surface area contributed by atoms with E-state index in [-0.39, 0.29) is 13.2 Å². The third-order valence-corrected chi connectivity index (χ3v) is 8.84. The minimum atomic E-state index is -4.51. The molecule has 0 aromatic rings. The first-order valence-corrected chi connectivity index (χ1v) is 21.1. The summed E-state index contributed by atoms with van der Waals surface area (Å²) in [7, 11) is -4.51. The number of nitrogens with two attached hydrogens (primary N) is 1. The predicted octanol–water partition coefficient (Wildman–Crippen LogP) is 10.4. The van der Waals surface area contributed by atoms with Gasteiger partial charge in [0.05, 0.1) is 19.8 Å². The molecule has 0 spiro atoms. The van der Waals surface area contributed by atoms with Crippen molar-refractivity contribution in [1.82, 2.24) is 0 Å².